The summed E-state index contributed by atoms with van der Waals surface area (Å²) in [6.07, 6.45) is 0.973. The first-order valence-corrected chi connectivity index (χ1v) is 4.61. The molecule has 0 spiro atoms. The van der Waals surface area contributed by atoms with Gasteiger partial charge in [0.25, 0.3) is 0 Å². The van der Waals surface area contributed by atoms with Gasteiger partial charge in [-0.05, 0) is 25.8 Å². The fraction of sp³-hybridized carbons (Fsp3) is 0.455. The van der Waals surface area contributed by atoms with Gasteiger partial charge in [-0.25, -0.2) is 0 Å². The minimum atomic E-state index is 0.250. The van der Waals surface area contributed by atoms with Gasteiger partial charge in [0, 0.05) is 12.6 Å². The van der Waals surface area contributed by atoms with Crippen LogP contribution in [0.3, 0.4) is 0 Å². The van der Waals surface area contributed by atoms with Crippen LogP contribution in [0.2, 0.25) is 0 Å². The monoisotopic (exact) mass is 181 g/mol. The highest BCUT2D eigenvalue weighted by atomic mass is 16.2. The zero-order valence-corrected chi connectivity index (χ0v) is 8.40. The fourth-order valence-corrected chi connectivity index (χ4v) is 0.986. The maximum atomic E-state index is 7.57. The molecule has 0 heterocycles. The Morgan fingerprint density at radius 1 is 1.31 bits per heavy atom. The lowest BCUT2D eigenvalue weighted by atomic mass is 10.1. The second-order valence-corrected chi connectivity index (χ2v) is 2.98. The van der Waals surface area contributed by atoms with Gasteiger partial charge in [0.1, 0.15) is 0 Å². The highest BCUT2D eigenvalue weighted by Gasteiger charge is 1.94. The molecule has 0 saturated heterocycles. The molecule has 0 aliphatic heterocycles. The van der Waals surface area contributed by atoms with Crippen molar-refractivity contribution >= 4 is 0 Å². The molecule has 0 radical (unpaired) electrons. The normalized spacial score (nSPS) is 11.4. The third-order valence-electron chi connectivity index (χ3n) is 1.40. The van der Waals surface area contributed by atoms with Crippen LogP contribution in [0.15, 0.2) is 30.3 Å². The average Bonchev–Trinajstić information content (AvgIpc) is 2.06. The fourth-order valence-electron chi connectivity index (χ4n) is 0.986. The van der Waals surface area contributed by atoms with Gasteiger partial charge in [-0.3, -0.25) is 0 Å². The summed E-state index contributed by atoms with van der Waals surface area (Å²) < 4.78 is 0. The molecule has 1 aromatic carbocycles. The summed E-state index contributed by atoms with van der Waals surface area (Å²) in [5.41, 5.74) is 6.94. The van der Waals surface area contributed by atoms with Crippen molar-refractivity contribution in [3.63, 3.8) is 0 Å². The lowest BCUT2D eigenvalue weighted by Crippen LogP contribution is -2.17. The first-order chi connectivity index (χ1) is 6.20. The zero-order chi connectivity index (χ0) is 10.1. The van der Waals surface area contributed by atoms with Crippen LogP contribution in [-0.4, -0.2) is 17.8 Å². The molecule has 3 N–H and O–H groups in total. The van der Waals surface area contributed by atoms with E-state index in [4.69, 9.17) is 10.8 Å². The van der Waals surface area contributed by atoms with Gasteiger partial charge in [0.05, 0.1) is 0 Å². The van der Waals surface area contributed by atoms with Crippen LogP contribution in [0, 0.1) is 0 Å². The summed E-state index contributed by atoms with van der Waals surface area (Å²) in [5.74, 6) is 0. The second-order valence-electron chi connectivity index (χ2n) is 2.98. The Labute approximate surface area is 80.4 Å². The predicted molar refractivity (Wildman–Crippen MR) is 56.6 cm³/mol. The number of rotatable bonds is 2. The highest BCUT2D eigenvalue weighted by Crippen LogP contribution is 2.00. The van der Waals surface area contributed by atoms with E-state index < -0.39 is 0 Å². The van der Waals surface area contributed by atoms with Crippen molar-refractivity contribution in [1.29, 1.82) is 0 Å². The number of nitrogens with two attached hydrogens (primary N) is 1. The maximum absolute atomic E-state index is 7.57. The van der Waals surface area contributed by atoms with Crippen molar-refractivity contribution in [2.75, 3.05) is 6.61 Å². The van der Waals surface area contributed by atoms with E-state index in [1.165, 1.54) is 5.56 Å². The van der Waals surface area contributed by atoms with Crippen molar-refractivity contribution in [1.82, 2.24) is 0 Å². The summed E-state index contributed by atoms with van der Waals surface area (Å²) in [5, 5.41) is 7.57. The molecule has 2 nitrogen and oxygen atoms in total. The van der Waals surface area contributed by atoms with Crippen LogP contribution < -0.4 is 5.73 Å². The number of aliphatic hydroxyl groups is 1. The topological polar surface area (TPSA) is 46.2 Å². The molecule has 13 heavy (non-hydrogen) atoms. The lowest BCUT2D eigenvalue weighted by molar-refractivity contribution is 0.318. The molecule has 74 valence electrons. The van der Waals surface area contributed by atoms with Crippen molar-refractivity contribution in [2.45, 2.75) is 26.3 Å². The van der Waals surface area contributed by atoms with Gasteiger partial charge >= 0.3 is 0 Å². The number of hydrogen-bond donors (Lipinski definition) is 2. The standard InChI is InChI=1S/C9H13N.C2H6O/c1-8(10)7-9-5-3-2-4-6-9;1-2-3/h2-6,8H,7,10H2,1H3;3H,2H2,1H3. The van der Waals surface area contributed by atoms with E-state index >= 15 is 0 Å². The summed E-state index contributed by atoms with van der Waals surface area (Å²) >= 11 is 0. The van der Waals surface area contributed by atoms with Crippen molar-refractivity contribution in [3.05, 3.63) is 35.9 Å². The molecule has 0 saturated carbocycles. The van der Waals surface area contributed by atoms with E-state index in [1.807, 2.05) is 25.1 Å². The zero-order valence-electron chi connectivity index (χ0n) is 8.40. The van der Waals surface area contributed by atoms with Crippen molar-refractivity contribution in [2.24, 2.45) is 5.73 Å². The summed E-state index contributed by atoms with van der Waals surface area (Å²) in [6.45, 7) is 3.95. The maximum Gasteiger partial charge on any atom is 0.0402 e. The Hall–Kier alpha value is -0.860. The summed E-state index contributed by atoms with van der Waals surface area (Å²) in [7, 11) is 0. The van der Waals surface area contributed by atoms with Gasteiger partial charge in [0.15, 0.2) is 0 Å². The Morgan fingerprint density at radius 3 is 2.15 bits per heavy atom. The first kappa shape index (κ1) is 12.1. The molecular weight excluding hydrogens is 162 g/mol. The van der Waals surface area contributed by atoms with Crippen LogP contribution in [-0.2, 0) is 6.42 Å². The number of hydrogen-bond acceptors (Lipinski definition) is 2. The Bertz CT molecular complexity index is 197. The van der Waals surface area contributed by atoms with Gasteiger partial charge in [0.2, 0.25) is 0 Å². The molecule has 1 rings (SSSR count). The molecule has 0 aliphatic carbocycles. The smallest absolute Gasteiger partial charge is 0.0402 e. The Morgan fingerprint density at radius 2 is 1.77 bits per heavy atom. The SMILES string of the molecule is CC(N)Cc1ccccc1.CCO. The second kappa shape index (κ2) is 7.77. The molecule has 0 amide bonds. The molecular formula is C11H19NO. The van der Waals surface area contributed by atoms with Gasteiger partial charge in [-0.15, -0.1) is 0 Å². The van der Waals surface area contributed by atoms with Crippen LogP contribution in [0.25, 0.3) is 0 Å². The summed E-state index contributed by atoms with van der Waals surface area (Å²) in [4.78, 5) is 0. The van der Waals surface area contributed by atoms with Crippen molar-refractivity contribution in [3.8, 4) is 0 Å². The molecule has 1 atom stereocenters. The molecule has 0 fully saturated rings. The quantitative estimate of drug-likeness (QED) is 0.727. The van der Waals surface area contributed by atoms with Crippen LogP contribution in [0.1, 0.15) is 19.4 Å². The van der Waals surface area contributed by atoms with E-state index in [0.29, 0.717) is 0 Å². The van der Waals surface area contributed by atoms with Crippen LogP contribution in [0.4, 0.5) is 0 Å². The number of aliphatic hydroxyl groups excluding tert-OH is 1. The van der Waals surface area contributed by atoms with Gasteiger partial charge in [-0.1, -0.05) is 30.3 Å². The van der Waals surface area contributed by atoms with E-state index in [-0.39, 0.29) is 12.6 Å². The average molecular weight is 181 g/mol. The minimum Gasteiger partial charge on any atom is -0.397 e. The molecule has 1 aromatic rings. The first-order valence-electron chi connectivity index (χ1n) is 4.61. The molecule has 0 aliphatic rings. The minimum absolute atomic E-state index is 0.250. The summed E-state index contributed by atoms with van der Waals surface area (Å²) in [6, 6.07) is 10.6. The van der Waals surface area contributed by atoms with E-state index in [1.54, 1.807) is 6.92 Å². The molecule has 0 aromatic heterocycles. The lowest BCUT2D eigenvalue weighted by Gasteiger charge is -2.02. The van der Waals surface area contributed by atoms with Crippen molar-refractivity contribution < 1.29 is 5.11 Å². The predicted octanol–water partition coefficient (Wildman–Crippen LogP) is 1.57. The van der Waals surface area contributed by atoms with E-state index in [0.717, 1.165) is 6.42 Å². The van der Waals surface area contributed by atoms with Crippen LogP contribution in [0.5, 0.6) is 0 Å². The highest BCUT2D eigenvalue weighted by molar-refractivity contribution is 5.15. The Kier molecular flexibility index (Phi) is 7.26. The van der Waals surface area contributed by atoms with Gasteiger partial charge in [-0.2, -0.15) is 0 Å². The van der Waals surface area contributed by atoms with Gasteiger partial charge < -0.3 is 10.8 Å². The third kappa shape index (κ3) is 7.50. The Balaban J connectivity index is 0.000000424. The number of benzene rings is 1. The molecule has 2 heteroatoms. The molecule has 1 unspecified atom stereocenters. The van der Waals surface area contributed by atoms with Crippen LogP contribution >= 0.6 is 0 Å². The van der Waals surface area contributed by atoms with E-state index in [2.05, 4.69) is 12.1 Å². The van der Waals surface area contributed by atoms with E-state index in [9.17, 15) is 0 Å². The largest absolute Gasteiger partial charge is 0.397 e. The molecule has 0 bridgehead atoms. The third-order valence-corrected chi connectivity index (χ3v) is 1.40.